The molecule has 1 N–H and O–H groups in total. The lowest BCUT2D eigenvalue weighted by Crippen LogP contribution is -2.33. The molecule has 1 aliphatic carbocycles. The maximum atomic E-state index is 11.8. The molecule has 0 aromatic heterocycles. The number of nitro groups is 1. The summed E-state index contributed by atoms with van der Waals surface area (Å²) in [6.07, 6.45) is 3.83. The van der Waals surface area contributed by atoms with E-state index in [0.29, 0.717) is 4.90 Å². The van der Waals surface area contributed by atoms with Crippen molar-refractivity contribution in [2.75, 3.05) is 14.1 Å². The largest absolute Gasteiger partial charge is 0.298 e. The van der Waals surface area contributed by atoms with E-state index in [2.05, 4.69) is 5.43 Å². The van der Waals surface area contributed by atoms with Crippen molar-refractivity contribution in [3.63, 3.8) is 0 Å². The fraction of sp³-hybridized carbons (Fsp3) is 0.462. The summed E-state index contributed by atoms with van der Waals surface area (Å²) in [6, 6.07) is 3.15. The van der Waals surface area contributed by atoms with E-state index in [1.165, 1.54) is 6.07 Å². The molecule has 0 radical (unpaired) electrons. The standard InChI is InChI=1S/C13H17N3O3S/c1-15(2)14-13(17)20-12-8-10(16(18)19)7-9-5-3-4-6-11(9)12/h7-8H,3-6H2,1-2H3,(H,14,17). The summed E-state index contributed by atoms with van der Waals surface area (Å²) in [4.78, 5) is 23.1. The second kappa shape index (κ2) is 6.23. The lowest BCUT2D eigenvalue weighted by molar-refractivity contribution is -0.385. The van der Waals surface area contributed by atoms with Gasteiger partial charge in [0.15, 0.2) is 0 Å². The quantitative estimate of drug-likeness (QED) is 0.527. The molecule has 1 aliphatic rings. The number of hydrogen-bond donors (Lipinski definition) is 1. The number of hydrazine groups is 1. The highest BCUT2D eigenvalue weighted by Crippen LogP contribution is 2.35. The van der Waals surface area contributed by atoms with Crippen molar-refractivity contribution < 1.29 is 9.72 Å². The minimum atomic E-state index is -0.400. The summed E-state index contributed by atoms with van der Waals surface area (Å²) in [6.45, 7) is 0. The van der Waals surface area contributed by atoms with Gasteiger partial charge in [0.2, 0.25) is 0 Å². The van der Waals surface area contributed by atoms with Gasteiger partial charge in [-0.25, -0.2) is 5.01 Å². The van der Waals surface area contributed by atoms with E-state index in [-0.39, 0.29) is 10.9 Å². The van der Waals surface area contributed by atoms with Gasteiger partial charge in [-0.2, -0.15) is 0 Å². The SMILES string of the molecule is CN(C)NC(=O)Sc1cc([N+](=O)[O-])cc2c1CCCC2. The summed E-state index contributed by atoms with van der Waals surface area (Å²) in [5.74, 6) is 0. The van der Waals surface area contributed by atoms with Crippen LogP contribution in [-0.2, 0) is 12.8 Å². The molecule has 0 atom stereocenters. The van der Waals surface area contributed by atoms with Crippen molar-refractivity contribution in [2.45, 2.75) is 30.6 Å². The molecule has 20 heavy (non-hydrogen) atoms. The molecule has 0 heterocycles. The third-order valence-electron chi connectivity index (χ3n) is 3.14. The fourth-order valence-electron chi connectivity index (χ4n) is 2.31. The lowest BCUT2D eigenvalue weighted by Gasteiger charge is -2.19. The van der Waals surface area contributed by atoms with Crippen LogP contribution >= 0.6 is 11.8 Å². The van der Waals surface area contributed by atoms with E-state index in [1.54, 1.807) is 25.2 Å². The number of aryl methyl sites for hydroxylation is 1. The van der Waals surface area contributed by atoms with Crippen LogP contribution in [0.3, 0.4) is 0 Å². The van der Waals surface area contributed by atoms with Crippen LogP contribution in [0.15, 0.2) is 17.0 Å². The van der Waals surface area contributed by atoms with Crippen molar-refractivity contribution in [1.82, 2.24) is 10.4 Å². The van der Waals surface area contributed by atoms with Crippen LogP contribution in [0.1, 0.15) is 24.0 Å². The number of rotatable bonds is 3. The van der Waals surface area contributed by atoms with E-state index >= 15 is 0 Å². The Kier molecular flexibility index (Phi) is 4.61. The first-order chi connectivity index (χ1) is 9.47. The van der Waals surface area contributed by atoms with Crippen LogP contribution in [0.5, 0.6) is 0 Å². The molecule has 0 spiro atoms. The van der Waals surface area contributed by atoms with Gasteiger partial charge < -0.3 is 0 Å². The minimum Gasteiger partial charge on any atom is -0.280 e. The van der Waals surface area contributed by atoms with Crippen molar-refractivity contribution >= 4 is 22.7 Å². The Hall–Kier alpha value is -1.60. The molecule has 7 heteroatoms. The number of hydrogen-bond acceptors (Lipinski definition) is 5. The summed E-state index contributed by atoms with van der Waals surface area (Å²) < 4.78 is 0. The van der Waals surface area contributed by atoms with E-state index in [1.807, 2.05) is 0 Å². The molecular weight excluding hydrogens is 278 g/mol. The van der Waals surface area contributed by atoms with Crippen molar-refractivity contribution in [3.8, 4) is 0 Å². The number of carbonyl (C=O) groups excluding carboxylic acids is 1. The molecule has 0 saturated heterocycles. The first kappa shape index (κ1) is 14.8. The summed E-state index contributed by atoms with van der Waals surface area (Å²) >= 11 is 1.02. The Morgan fingerprint density at radius 3 is 2.70 bits per heavy atom. The molecule has 1 aromatic rings. The molecule has 2 rings (SSSR count). The molecule has 108 valence electrons. The third-order valence-corrected chi connectivity index (χ3v) is 4.00. The zero-order valence-corrected chi connectivity index (χ0v) is 12.3. The average molecular weight is 295 g/mol. The lowest BCUT2D eigenvalue weighted by atomic mass is 9.91. The number of carbonyl (C=O) groups is 1. The normalized spacial score (nSPS) is 13.9. The Labute approximate surface area is 121 Å². The average Bonchev–Trinajstić information content (AvgIpc) is 2.37. The minimum absolute atomic E-state index is 0.0609. The molecular formula is C13H17N3O3S. The number of amides is 1. The van der Waals surface area contributed by atoms with Gasteiger partial charge in [0.25, 0.3) is 10.9 Å². The molecule has 0 bridgehead atoms. The molecule has 6 nitrogen and oxygen atoms in total. The van der Waals surface area contributed by atoms with E-state index < -0.39 is 4.92 Å². The van der Waals surface area contributed by atoms with Crippen molar-refractivity contribution in [1.29, 1.82) is 0 Å². The molecule has 1 aromatic carbocycles. The van der Waals surface area contributed by atoms with Gasteiger partial charge in [0.1, 0.15) is 0 Å². The van der Waals surface area contributed by atoms with Gasteiger partial charge in [0, 0.05) is 31.1 Å². The number of nitro benzene ring substituents is 1. The monoisotopic (exact) mass is 295 g/mol. The van der Waals surface area contributed by atoms with Crippen LogP contribution in [0.2, 0.25) is 0 Å². The van der Waals surface area contributed by atoms with Crippen molar-refractivity contribution in [3.05, 3.63) is 33.4 Å². The van der Waals surface area contributed by atoms with Crippen LogP contribution in [0.4, 0.5) is 10.5 Å². The number of benzene rings is 1. The first-order valence-electron chi connectivity index (χ1n) is 6.43. The zero-order chi connectivity index (χ0) is 14.7. The van der Waals surface area contributed by atoms with Crippen LogP contribution in [-0.4, -0.2) is 29.3 Å². The number of nitrogens with zero attached hydrogens (tertiary/aromatic N) is 2. The molecule has 0 saturated carbocycles. The van der Waals surface area contributed by atoms with Crippen LogP contribution in [0.25, 0.3) is 0 Å². The van der Waals surface area contributed by atoms with Gasteiger partial charge in [0.05, 0.1) is 4.92 Å². The Bertz CT molecular complexity index is 546. The predicted octanol–water partition coefficient (Wildman–Crippen LogP) is 2.75. The molecule has 1 amide bonds. The third kappa shape index (κ3) is 3.49. The first-order valence-corrected chi connectivity index (χ1v) is 7.25. The zero-order valence-electron chi connectivity index (χ0n) is 11.5. The van der Waals surface area contributed by atoms with Gasteiger partial charge in [-0.15, -0.1) is 0 Å². The molecule has 0 fully saturated rings. The van der Waals surface area contributed by atoms with Gasteiger partial charge in [-0.3, -0.25) is 20.3 Å². The van der Waals surface area contributed by atoms with Crippen LogP contribution < -0.4 is 5.43 Å². The topological polar surface area (TPSA) is 75.5 Å². The molecule has 0 aliphatic heterocycles. The second-order valence-electron chi connectivity index (χ2n) is 4.94. The number of fused-ring (bicyclic) bond motifs is 1. The van der Waals surface area contributed by atoms with Crippen molar-refractivity contribution in [2.24, 2.45) is 0 Å². The van der Waals surface area contributed by atoms with Gasteiger partial charge in [-0.1, -0.05) is 0 Å². The smallest absolute Gasteiger partial charge is 0.280 e. The Morgan fingerprint density at radius 1 is 1.35 bits per heavy atom. The molecule has 0 unspecified atom stereocenters. The van der Waals surface area contributed by atoms with E-state index in [4.69, 9.17) is 0 Å². The highest BCUT2D eigenvalue weighted by molar-refractivity contribution is 8.13. The predicted molar refractivity (Wildman–Crippen MR) is 77.8 cm³/mol. The van der Waals surface area contributed by atoms with Crippen LogP contribution in [0, 0.1) is 10.1 Å². The highest BCUT2D eigenvalue weighted by atomic mass is 32.2. The second-order valence-corrected chi connectivity index (χ2v) is 5.96. The summed E-state index contributed by atoms with van der Waals surface area (Å²) in [5, 5.41) is 12.3. The van der Waals surface area contributed by atoms with Gasteiger partial charge in [-0.05, 0) is 48.6 Å². The summed E-state index contributed by atoms with van der Waals surface area (Å²) in [5.41, 5.74) is 4.78. The Morgan fingerprint density at radius 2 is 2.05 bits per heavy atom. The number of non-ortho nitro benzene ring substituents is 1. The number of nitrogens with one attached hydrogen (secondary N) is 1. The van der Waals surface area contributed by atoms with E-state index in [0.717, 1.165) is 48.6 Å². The van der Waals surface area contributed by atoms with Gasteiger partial charge >= 0.3 is 0 Å². The number of thioether (sulfide) groups is 1. The maximum absolute atomic E-state index is 11.8. The summed E-state index contributed by atoms with van der Waals surface area (Å²) in [7, 11) is 3.45. The Balaban J connectivity index is 2.32. The van der Waals surface area contributed by atoms with E-state index in [9.17, 15) is 14.9 Å². The fourth-order valence-corrected chi connectivity index (χ4v) is 3.28. The maximum Gasteiger partial charge on any atom is 0.298 e. The highest BCUT2D eigenvalue weighted by Gasteiger charge is 2.21.